The minimum absolute atomic E-state index is 0.133. The number of hydrogen-bond acceptors (Lipinski definition) is 4. The first kappa shape index (κ1) is 19.3. The van der Waals surface area contributed by atoms with Gasteiger partial charge in [0.15, 0.2) is 16.6 Å². The number of ether oxygens (including phenoxy) is 2. The average Bonchev–Trinajstić information content (AvgIpc) is 2.73. The van der Waals surface area contributed by atoms with Gasteiger partial charge in [0.2, 0.25) is 0 Å². The molecule has 7 heteroatoms. The molecule has 1 aliphatic rings. The Morgan fingerprint density at radius 2 is 1.83 bits per heavy atom. The van der Waals surface area contributed by atoms with E-state index in [9.17, 15) is 4.79 Å². The largest absolute Gasteiger partial charge is 0.486 e. The predicted octanol–water partition coefficient (Wildman–Crippen LogP) is 3.20. The van der Waals surface area contributed by atoms with Crippen LogP contribution in [0.2, 0.25) is 0 Å². The van der Waals surface area contributed by atoms with Crippen molar-refractivity contribution < 1.29 is 9.47 Å². The van der Waals surface area contributed by atoms with E-state index in [4.69, 9.17) is 21.7 Å². The highest BCUT2D eigenvalue weighted by atomic mass is 32.1. The third kappa shape index (κ3) is 4.35. The molecule has 6 nitrogen and oxygen atoms in total. The molecular weight excluding hydrogens is 386 g/mol. The molecule has 0 aliphatic carbocycles. The summed E-state index contributed by atoms with van der Waals surface area (Å²) in [6.07, 6.45) is 0. The second-order valence-electron chi connectivity index (χ2n) is 6.88. The van der Waals surface area contributed by atoms with E-state index >= 15 is 0 Å². The van der Waals surface area contributed by atoms with Gasteiger partial charge in [-0.1, -0.05) is 30.3 Å². The van der Waals surface area contributed by atoms with Crippen molar-refractivity contribution in [3.63, 3.8) is 0 Å². The van der Waals surface area contributed by atoms with Crippen LogP contribution in [0.4, 0.5) is 0 Å². The van der Waals surface area contributed by atoms with E-state index in [1.807, 2.05) is 48.2 Å². The van der Waals surface area contributed by atoms with Gasteiger partial charge in [-0.2, -0.15) is 0 Å². The molecule has 1 aromatic heterocycles. The van der Waals surface area contributed by atoms with Crippen LogP contribution < -0.4 is 20.3 Å². The smallest absolute Gasteiger partial charge is 0.253 e. The molecule has 150 valence electrons. The molecule has 0 unspecified atom stereocenters. The summed E-state index contributed by atoms with van der Waals surface area (Å²) in [5.41, 5.74) is 2.37. The molecule has 2 N–H and O–H groups in total. The number of fused-ring (bicyclic) bond motifs is 2. The Kier molecular flexibility index (Phi) is 5.67. The summed E-state index contributed by atoms with van der Waals surface area (Å²) in [5, 5.41) is 4.72. The van der Waals surface area contributed by atoms with Crippen molar-refractivity contribution in [1.29, 1.82) is 0 Å². The first-order chi connectivity index (χ1) is 14.1. The number of H-pyrrole nitrogens is 1. The van der Waals surface area contributed by atoms with Crippen LogP contribution in [-0.2, 0) is 13.1 Å². The van der Waals surface area contributed by atoms with Crippen LogP contribution >= 0.6 is 12.2 Å². The molecule has 0 spiro atoms. The van der Waals surface area contributed by atoms with Crippen LogP contribution in [0.5, 0.6) is 11.5 Å². The highest BCUT2D eigenvalue weighted by Gasteiger charge is 2.16. The summed E-state index contributed by atoms with van der Waals surface area (Å²) in [5.74, 6) is 1.36. The first-order valence-electron chi connectivity index (χ1n) is 9.66. The number of pyridine rings is 1. The van der Waals surface area contributed by atoms with E-state index in [1.165, 1.54) is 0 Å². The van der Waals surface area contributed by atoms with Crippen molar-refractivity contribution >= 4 is 28.2 Å². The molecule has 29 heavy (non-hydrogen) atoms. The Balaban J connectivity index is 1.66. The standard InChI is InChI=1S/C22H23N3O3S/c1-2-23-22(29)25(13-15-6-4-3-5-7-15)14-17-10-16-11-19-20(28-9-8-27-19)12-18(16)24-21(17)26/h3-7,10-12H,2,8-9,13-14H2,1H3,(H,23,29)(H,24,26). The Morgan fingerprint density at radius 3 is 2.55 bits per heavy atom. The van der Waals surface area contributed by atoms with Gasteiger partial charge in [0.1, 0.15) is 13.2 Å². The van der Waals surface area contributed by atoms with Crippen molar-refractivity contribution in [3.05, 3.63) is 70.0 Å². The molecule has 0 saturated carbocycles. The fourth-order valence-corrected chi connectivity index (χ4v) is 3.65. The average molecular weight is 410 g/mol. The maximum absolute atomic E-state index is 12.8. The molecular formula is C22H23N3O3S. The lowest BCUT2D eigenvalue weighted by molar-refractivity contribution is 0.172. The molecule has 0 bridgehead atoms. The molecule has 0 atom stereocenters. The number of benzene rings is 2. The van der Waals surface area contributed by atoms with Gasteiger partial charge in [0.05, 0.1) is 12.1 Å². The van der Waals surface area contributed by atoms with Crippen LogP contribution in [0, 0.1) is 0 Å². The molecule has 4 rings (SSSR count). The first-order valence-corrected chi connectivity index (χ1v) is 10.1. The number of nitrogens with zero attached hydrogens (tertiary/aromatic N) is 1. The van der Waals surface area contributed by atoms with E-state index in [2.05, 4.69) is 22.4 Å². The highest BCUT2D eigenvalue weighted by molar-refractivity contribution is 7.80. The quantitative estimate of drug-likeness (QED) is 0.631. The van der Waals surface area contributed by atoms with Gasteiger partial charge in [0, 0.05) is 30.1 Å². The van der Waals surface area contributed by atoms with E-state index in [0.717, 1.165) is 23.0 Å². The molecule has 0 saturated heterocycles. The summed E-state index contributed by atoms with van der Waals surface area (Å²) >= 11 is 5.56. The van der Waals surface area contributed by atoms with Crippen molar-refractivity contribution in [3.8, 4) is 11.5 Å². The van der Waals surface area contributed by atoms with E-state index in [-0.39, 0.29) is 5.56 Å². The van der Waals surface area contributed by atoms with Crippen LogP contribution in [-0.4, -0.2) is 34.8 Å². The summed E-state index contributed by atoms with van der Waals surface area (Å²) in [4.78, 5) is 17.7. The van der Waals surface area contributed by atoms with E-state index in [0.29, 0.717) is 48.5 Å². The Morgan fingerprint density at radius 1 is 1.10 bits per heavy atom. The summed E-state index contributed by atoms with van der Waals surface area (Å²) in [7, 11) is 0. The monoisotopic (exact) mass is 409 g/mol. The Hall–Kier alpha value is -3.06. The number of aromatic nitrogens is 1. The number of thiocarbonyl (C=S) groups is 1. The Bertz CT molecular complexity index is 1080. The van der Waals surface area contributed by atoms with Gasteiger partial charge in [-0.3, -0.25) is 4.79 Å². The van der Waals surface area contributed by atoms with Gasteiger partial charge >= 0.3 is 0 Å². The molecule has 1 aliphatic heterocycles. The van der Waals surface area contributed by atoms with Gasteiger partial charge in [0.25, 0.3) is 5.56 Å². The van der Waals surface area contributed by atoms with E-state index in [1.54, 1.807) is 0 Å². The maximum Gasteiger partial charge on any atom is 0.253 e. The highest BCUT2D eigenvalue weighted by Crippen LogP contribution is 2.33. The number of hydrogen-bond donors (Lipinski definition) is 2. The zero-order chi connectivity index (χ0) is 20.2. The third-order valence-corrected chi connectivity index (χ3v) is 5.18. The minimum Gasteiger partial charge on any atom is -0.486 e. The number of rotatable bonds is 5. The second-order valence-corrected chi connectivity index (χ2v) is 7.27. The van der Waals surface area contributed by atoms with Crippen LogP contribution in [0.1, 0.15) is 18.1 Å². The SMILES string of the molecule is CCNC(=S)N(Cc1ccccc1)Cc1cc2cc3c(cc2[nH]c1=O)OCCO3. The van der Waals surface area contributed by atoms with Gasteiger partial charge in [-0.05, 0) is 36.8 Å². The normalized spacial score (nSPS) is 12.6. The fraction of sp³-hybridized carbons (Fsp3) is 0.273. The lowest BCUT2D eigenvalue weighted by atomic mass is 10.1. The third-order valence-electron chi connectivity index (χ3n) is 4.78. The zero-order valence-electron chi connectivity index (χ0n) is 16.2. The molecule has 2 heterocycles. The van der Waals surface area contributed by atoms with Gasteiger partial charge < -0.3 is 24.7 Å². The molecule has 2 aromatic carbocycles. The van der Waals surface area contributed by atoms with Gasteiger partial charge in [-0.25, -0.2) is 0 Å². The van der Waals surface area contributed by atoms with Crippen LogP contribution in [0.25, 0.3) is 10.9 Å². The topological polar surface area (TPSA) is 66.6 Å². The lowest BCUT2D eigenvalue weighted by Gasteiger charge is -2.26. The van der Waals surface area contributed by atoms with Gasteiger partial charge in [-0.15, -0.1) is 0 Å². The molecule has 0 radical (unpaired) electrons. The van der Waals surface area contributed by atoms with Crippen molar-refractivity contribution in [2.75, 3.05) is 19.8 Å². The van der Waals surface area contributed by atoms with Crippen molar-refractivity contribution in [2.45, 2.75) is 20.0 Å². The maximum atomic E-state index is 12.8. The fourth-order valence-electron chi connectivity index (χ4n) is 3.38. The lowest BCUT2D eigenvalue weighted by Crippen LogP contribution is -2.39. The Labute approximate surface area is 174 Å². The molecule has 0 fully saturated rings. The second kappa shape index (κ2) is 8.53. The summed E-state index contributed by atoms with van der Waals surface area (Å²) in [6, 6.07) is 15.7. The van der Waals surface area contributed by atoms with Crippen LogP contribution in [0.3, 0.4) is 0 Å². The van der Waals surface area contributed by atoms with Crippen LogP contribution in [0.15, 0.2) is 53.3 Å². The molecule has 0 amide bonds. The zero-order valence-corrected chi connectivity index (χ0v) is 17.1. The molecule has 3 aromatic rings. The van der Waals surface area contributed by atoms with Crippen molar-refractivity contribution in [2.24, 2.45) is 0 Å². The summed E-state index contributed by atoms with van der Waals surface area (Å²) < 4.78 is 11.3. The van der Waals surface area contributed by atoms with Crippen molar-refractivity contribution in [1.82, 2.24) is 15.2 Å². The number of nitrogens with one attached hydrogen (secondary N) is 2. The van der Waals surface area contributed by atoms with E-state index < -0.39 is 0 Å². The predicted molar refractivity (Wildman–Crippen MR) is 118 cm³/mol. The summed E-state index contributed by atoms with van der Waals surface area (Å²) in [6.45, 7) is 4.78. The number of aromatic amines is 1. The minimum atomic E-state index is -0.133.